The van der Waals surface area contributed by atoms with Gasteiger partial charge in [0.2, 0.25) is 0 Å². The first kappa shape index (κ1) is 15.3. The predicted molar refractivity (Wildman–Crippen MR) is 79.7 cm³/mol. The maximum Gasteiger partial charge on any atom is 0.411 e. The number of benzene rings is 1. The van der Waals surface area contributed by atoms with Gasteiger partial charge in [0.1, 0.15) is 5.82 Å². The number of carboxylic acid groups (broad SMARTS) is 1. The zero-order chi connectivity index (χ0) is 14.7. The quantitative estimate of drug-likeness (QED) is 0.908. The molecule has 1 fully saturated rings. The van der Waals surface area contributed by atoms with E-state index < -0.39 is 6.09 Å². The fraction of sp³-hybridized carbons (Fsp3) is 0.500. The molecule has 1 aromatic rings. The average molecular weight is 345 g/mol. The first-order valence-corrected chi connectivity index (χ1v) is 7.44. The number of hydrogen-bond donors (Lipinski definition) is 1. The van der Waals surface area contributed by atoms with Crippen LogP contribution in [0.3, 0.4) is 0 Å². The minimum Gasteiger partial charge on any atom is -0.465 e. The monoisotopic (exact) mass is 344 g/mol. The van der Waals surface area contributed by atoms with E-state index in [1.807, 2.05) is 0 Å². The van der Waals surface area contributed by atoms with E-state index in [0.717, 1.165) is 25.8 Å². The summed E-state index contributed by atoms with van der Waals surface area (Å²) in [5, 5.41) is 9.36. The first-order chi connectivity index (χ1) is 9.49. The molecule has 1 saturated heterocycles. The Kier molecular flexibility index (Phi) is 4.99. The number of amides is 1. The van der Waals surface area contributed by atoms with Crippen molar-refractivity contribution in [2.75, 3.05) is 25.0 Å². The Morgan fingerprint density at radius 1 is 1.60 bits per heavy atom. The second-order valence-corrected chi connectivity index (χ2v) is 5.95. The smallest absolute Gasteiger partial charge is 0.411 e. The Balaban J connectivity index is 2.09. The van der Waals surface area contributed by atoms with Gasteiger partial charge < -0.3 is 10.0 Å². The number of rotatable bonds is 4. The van der Waals surface area contributed by atoms with Crippen LogP contribution in [0.25, 0.3) is 0 Å². The third-order valence-corrected chi connectivity index (χ3v) is 4.42. The van der Waals surface area contributed by atoms with Crippen molar-refractivity contribution in [2.45, 2.75) is 25.3 Å². The zero-order valence-corrected chi connectivity index (χ0v) is 12.9. The number of hydrogen-bond acceptors (Lipinski definition) is 2. The summed E-state index contributed by atoms with van der Waals surface area (Å²) >= 11 is 3.23. The second kappa shape index (κ2) is 6.54. The summed E-state index contributed by atoms with van der Waals surface area (Å²) in [7, 11) is 2.07. The standard InChI is InChI=1S/C14H18BrFN2O2/c1-17-7-2-3-11(17)6-8-18(14(19)20)13-5-4-10(16)9-12(13)15/h4-5,9,11H,2-3,6-8H2,1H3,(H,19,20). The van der Waals surface area contributed by atoms with Gasteiger partial charge >= 0.3 is 6.09 Å². The minimum atomic E-state index is -1.02. The van der Waals surface area contributed by atoms with E-state index in [-0.39, 0.29) is 5.82 Å². The highest BCUT2D eigenvalue weighted by atomic mass is 79.9. The largest absolute Gasteiger partial charge is 0.465 e. The highest BCUT2D eigenvalue weighted by Crippen LogP contribution is 2.28. The lowest BCUT2D eigenvalue weighted by molar-refractivity contribution is 0.200. The van der Waals surface area contributed by atoms with Crippen molar-refractivity contribution in [2.24, 2.45) is 0 Å². The molecule has 1 heterocycles. The summed E-state index contributed by atoms with van der Waals surface area (Å²) in [6, 6.07) is 4.48. The van der Waals surface area contributed by atoms with Gasteiger partial charge in [-0.2, -0.15) is 0 Å². The van der Waals surface area contributed by atoms with Crippen molar-refractivity contribution < 1.29 is 14.3 Å². The molecule has 1 atom stereocenters. The molecule has 2 rings (SSSR count). The summed E-state index contributed by atoms with van der Waals surface area (Å²) in [5.74, 6) is -0.388. The van der Waals surface area contributed by atoms with Gasteiger partial charge in [0, 0.05) is 17.1 Å². The van der Waals surface area contributed by atoms with Crippen LogP contribution < -0.4 is 4.90 Å². The Bertz CT molecular complexity index is 498. The van der Waals surface area contributed by atoms with Crippen LogP contribution in [0.2, 0.25) is 0 Å². The van der Waals surface area contributed by atoms with Crippen LogP contribution in [0.4, 0.5) is 14.9 Å². The molecule has 1 amide bonds. The van der Waals surface area contributed by atoms with Gasteiger partial charge in [-0.1, -0.05) is 0 Å². The molecule has 4 nitrogen and oxygen atoms in total. The van der Waals surface area contributed by atoms with Crippen LogP contribution >= 0.6 is 15.9 Å². The van der Waals surface area contributed by atoms with E-state index in [1.165, 1.54) is 23.1 Å². The molecule has 0 spiro atoms. The first-order valence-electron chi connectivity index (χ1n) is 6.65. The third-order valence-electron chi connectivity index (χ3n) is 3.79. The summed E-state index contributed by atoms with van der Waals surface area (Å²) in [6.07, 6.45) is 2.04. The van der Waals surface area contributed by atoms with E-state index in [4.69, 9.17) is 0 Å². The zero-order valence-electron chi connectivity index (χ0n) is 11.4. The van der Waals surface area contributed by atoms with Crippen LogP contribution in [0.1, 0.15) is 19.3 Å². The fourth-order valence-electron chi connectivity index (χ4n) is 2.64. The molecule has 1 aromatic carbocycles. The molecule has 1 unspecified atom stereocenters. The molecule has 0 aliphatic carbocycles. The molecular weight excluding hydrogens is 327 g/mol. The van der Waals surface area contributed by atoms with E-state index in [0.29, 0.717) is 22.7 Å². The number of halogens is 2. The molecule has 1 aliphatic rings. The number of carbonyl (C=O) groups is 1. The molecular formula is C14H18BrFN2O2. The highest BCUT2D eigenvalue weighted by Gasteiger charge is 2.24. The molecule has 6 heteroatoms. The van der Waals surface area contributed by atoms with E-state index in [1.54, 1.807) is 0 Å². The minimum absolute atomic E-state index is 0.388. The summed E-state index contributed by atoms with van der Waals surface area (Å²) in [5.41, 5.74) is 0.486. The maximum absolute atomic E-state index is 13.1. The predicted octanol–water partition coefficient (Wildman–Crippen LogP) is 3.56. The molecule has 0 radical (unpaired) electrons. The van der Waals surface area contributed by atoms with Crippen LogP contribution in [0, 0.1) is 5.82 Å². The Morgan fingerprint density at radius 2 is 2.35 bits per heavy atom. The Morgan fingerprint density at radius 3 is 2.90 bits per heavy atom. The Hall–Kier alpha value is -1.14. The van der Waals surface area contributed by atoms with Gasteiger partial charge in [-0.15, -0.1) is 0 Å². The van der Waals surface area contributed by atoms with Crippen molar-refractivity contribution in [1.82, 2.24) is 4.90 Å². The molecule has 1 N–H and O–H groups in total. The van der Waals surface area contributed by atoms with E-state index in [2.05, 4.69) is 27.9 Å². The van der Waals surface area contributed by atoms with Crippen LogP contribution in [-0.4, -0.2) is 42.3 Å². The summed E-state index contributed by atoms with van der Waals surface area (Å²) in [4.78, 5) is 15.0. The van der Waals surface area contributed by atoms with Crippen LogP contribution in [-0.2, 0) is 0 Å². The number of anilines is 1. The van der Waals surface area contributed by atoms with Gasteiger partial charge in [0.15, 0.2) is 0 Å². The molecule has 0 aromatic heterocycles. The van der Waals surface area contributed by atoms with E-state index in [9.17, 15) is 14.3 Å². The van der Waals surface area contributed by atoms with Gasteiger partial charge in [0.25, 0.3) is 0 Å². The summed E-state index contributed by atoms with van der Waals surface area (Å²) in [6.45, 7) is 1.48. The SMILES string of the molecule is CN1CCCC1CCN(C(=O)O)c1ccc(F)cc1Br. The molecule has 20 heavy (non-hydrogen) atoms. The lowest BCUT2D eigenvalue weighted by Crippen LogP contribution is -2.35. The van der Waals surface area contributed by atoms with Crippen molar-refractivity contribution in [3.63, 3.8) is 0 Å². The third kappa shape index (κ3) is 3.49. The van der Waals surface area contributed by atoms with Crippen molar-refractivity contribution in [3.8, 4) is 0 Å². The molecule has 0 bridgehead atoms. The van der Waals surface area contributed by atoms with Crippen molar-refractivity contribution >= 4 is 27.7 Å². The molecule has 1 aliphatic heterocycles. The average Bonchev–Trinajstić information content (AvgIpc) is 2.77. The van der Waals surface area contributed by atoms with Gasteiger partial charge in [-0.25, -0.2) is 9.18 Å². The van der Waals surface area contributed by atoms with Crippen LogP contribution in [0.15, 0.2) is 22.7 Å². The van der Waals surface area contributed by atoms with Gasteiger partial charge in [0.05, 0.1) is 5.69 Å². The Labute approximate surface area is 126 Å². The second-order valence-electron chi connectivity index (χ2n) is 5.10. The lowest BCUT2D eigenvalue weighted by atomic mass is 10.1. The number of likely N-dealkylation sites (tertiary alicyclic amines) is 1. The molecule has 110 valence electrons. The molecule has 0 saturated carbocycles. The van der Waals surface area contributed by atoms with Crippen molar-refractivity contribution in [3.05, 3.63) is 28.5 Å². The van der Waals surface area contributed by atoms with Crippen molar-refractivity contribution in [1.29, 1.82) is 0 Å². The number of nitrogens with zero attached hydrogens (tertiary/aromatic N) is 2. The van der Waals surface area contributed by atoms with Crippen LogP contribution in [0.5, 0.6) is 0 Å². The summed E-state index contributed by atoms with van der Waals surface area (Å²) < 4.78 is 13.6. The maximum atomic E-state index is 13.1. The topological polar surface area (TPSA) is 43.8 Å². The lowest BCUT2D eigenvalue weighted by Gasteiger charge is -2.25. The van der Waals surface area contributed by atoms with Gasteiger partial charge in [-0.3, -0.25) is 4.90 Å². The highest BCUT2D eigenvalue weighted by molar-refractivity contribution is 9.10. The van der Waals surface area contributed by atoms with Gasteiger partial charge in [-0.05, 0) is 67.0 Å². The fourth-order valence-corrected chi connectivity index (χ4v) is 3.21. The van der Waals surface area contributed by atoms with E-state index >= 15 is 0 Å². The normalized spacial score (nSPS) is 19.2.